The molecular weight excluding hydrogens is 1930 g/mol. The van der Waals surface area contributed by atoms with Gasteiger partial charge < -0.3 is 47.7 Å². The summed E-state index contributed by atoms with van der Waals surface area (Å²) in [5.41, 5.74) is 9.09. The van der Waals surface area contributed by atoms with Gasteiger partial charge in [-0.25, -0.2) is 66.3 Å². The van der Waals surface area contributed by atoms with Crippen molar-refractivity contribution < 1.29 is 84.2 Å². The second kappa shape index (κ2) is 46.1. The van der Waals surface area contributed by atoms with Crippen LogP contribution in [0.4, 0.5) is 74.6 Å². The van der Waals surface area contributed by atoms with Gasteiger partial charge in [0.25, 0.3) is 17.9 Å². The van der Waals surface area contributed by atoms with Crippen molar-refractivity contribution in [3.8, 4) is 0 Å². The Labute approximate surface area is 880 Å². The van der Waals surface area contributed by atoms with E-state index in [9.17, 15) is 79.4 Å². The van der Waals surface area contributed by atoms with Gasteiger partial charge in [0.2, 0.25) is 29.6 Å². The van der Waals surface area contributed by atoms with Gasteiger partial charge in [-0.05, 0) is 480 Å². The number of halogens is 17. The molecule has 846 valence electrons. The molecule has 10 nitrogen and oxygen atoms in total. The first kappa shape index (κ1) is 116. The van der Waals surface area contributed by atoms with Gasteiger partial charge in [-0.2, -0.15) is 26.3 Å². The maximum atomic E-state index is 13.6. The number of rotatable bonds is 34. The summed E-state index contributed by atoms with van der Waals surface area (Å²) in [5.74, 6) is -3.93. The zero-order valence-corrected chi connectivity index (χ0v) is 91.3. The second-order valence-corrected chi connectivity index (χ2v) is 55.7. The first-order valence-corrected chi connectivity index (χ1v) is 59.0. The molecule has 149 heavy (non-hydrogen) atoms. The van der Waals surface area contributed by atoms with Gasteiger partial charge in [0, 0.05) is 12.8 Å². The van der Waals surface area contributed by atoms with Crippen LogP contribution in [-0.4, -0.2) is 156 Å². The Morgan fingerprint density at radius 2 is 0.570 bits per heavy atom. The van der Waals surface area contributed by atoms with Gasteiger partial charge in [-0.15, -0.1) is 44.3 Å². The van der Waals surface area contributed by atoms with Crippen LogP contribution < -0.4 is 0 Å². The van der Waals surface area contributed by atoms with Crippen LogP contribution in [0.15, 0.2) is 54.6 Å². The number of nitrogens with zero attached hydrogens (tertiary/aromatic N) is 7. The molecule has 4 atom stereocenters. The number of esters is 1. The van der Waals surface area contributed by atoms with Crippen LogP contribution in [0.25, 0.3) is 64.5 Å². The average Bonchev–Trinajstić information content (AvgIpc) is 0.730. The number of ether oxygens (including phenoxy) is 1. The summed E-state index contributed by atoms with van der Waals surface area (Å²) in [6.45, 7) is 17.9. The van der Waals surface area contributed by atoms with Crippen molar-refractivity contribution in [2.24, 2.45) is 162 Å². The molecule has 4 unspecified atom stereocenters. The number of hydrogen-bond donors (Lipinski definition) is 0. The largest absolute Gasteiger partial charge is 0.672 e. The van der Waals surface area contributed by atoms with E-state index in [0.717, 1.165) is 170 Å². The maximum Gasteiger partial charge on any atom is 0.431 e. The maximum absolute atomic E-state index is 13.6. The number of carbonyl (C=O) groups is 1. The minimum absolute atomic E-state index is 0.0859. The Balaban J connectivity index is 0.000000117. The summed E-state index contributed by atoms with van der Waals surface area (Å²) in [4.78, 5) is 12.6. The van der Waals surface area contributed by atoms with Crippen LogP contribution in [0.2, 0.25) is 0 Å². The van der Waals surface area contributed by atoms with E-state index >= 15 is 0 Å². The lowest BCUT2D eigenvalue weighted by molar-refractivity contribution is -0.263. The predicted octanol–water partition coefficient (Wildman–Crippen LogP) is 37.1. The molecule has 1 N–H and O–H groups in total. The Morgan fingerprint density at radius 1 is 0.322 bits per heavy atom. The fourth-order valence-corrected chi connectivity index (χ4v) is 38.8. The van der Waals surface area contributed by atoms with Crippen LogP contribution in [0.1, 0.15) is 369 Å². The molecule has 0 saturated heterocycles. The third-order valence-electron chi connectivity index (χ3n) is 42.1. The highest BCUT2D eigenvalue weighted by molar-refractivity contribution is 6.16. The summed E-state index contributed by atoms with van der Waals surface area (Å²) < 4.78 is 228. The average molecular weight is 2110 g/mol. The minimum Gasteiger partial charge on any atom is -0.672 e. The van der Waals surface area contributed by atoms with E-state index < -0.39 is 79.2 Å². The van der Waals surface area contributed by atoms with Crippen LogP contribution in [0.5, 0.6) is 0 Å². The Bertz CT molecular complexity index is 4530. The first-order chi connectivity index (χ1) is 70.0. The van der Waals surface area contributed by atoms with Gasteiger partial charge in [-0.3, -0.25) is 0 Å². The van der Waals surface area contributed by atoms with Gasteiger partial charge in [0.05, 0.1) is 12.0 Å². The summed E-state index contributed by atoms with van der Waals surface area (Å²) in [6, 6.07) is 15.4. The Morgan fingerprint density at radius 3 is 0.826 bits per heavy atom. The molecule has 27 heteroatoms. The molecule has 3 aromatic rings. The zero-order valence-electron chi connectivity index (χ0n) is 91.3. The van der Waals surface area contributed by atoms with E-state index in [2.05, 4.69) is 71.3 Å². The molecule has 28 fully saturated rings. The summed E-state index contributed by atoms with van der Waals surface area (Å²) in [6.07, 6.45) is 46.8. The molecule has 3 aromatic carbocycles. The molecule has 28 bridgehead atoms. The molecule has 0 amide bonds. The standard InChI is InChI=1S/C19H13F5NO2.C16H24F4N.C16H26F2N.2C15H24F2N.C14H22F2N.C14H24N.C13H22N/c20-18(21,10-25)17(19(22,23)24)27-16(26)15-13-7-3-1-5-11(13)9-12-6-2-4-8-14(12)15;1-14(17,18)8-16(19,20)10-21-9-15-5-11-2-12(6-15)4-13(3-11)7-15;1-3-16(17,18)10-19-11(2)15-7-12-4-13(8-15)6-14(5-12)9-15;1-10(18-9-14(2,16)17)15-6-11-3-12(7-15)5-13(4-11)8-15;1-2-15(16,17)10-18-9-14-6-11-3-12(7-14)5-13(4-11)8-14;1-13(15,16)8-17-9-14-5-10-2-11(6-14)4-12(3-10)7-14;1-3-15-10(2)14-7-11-4-12(8-14)6-13(5-11)9-14;1-2-14-9-13-6-10-3-11(7-13)5-12(4-10)8-13/h1-9,17,25H,10H2;11-13H,2-10H2,1H3;11-14H,3-10H2,1-2H3;10-13H,3-9H2,1-2H3;11-13H,2-10H2,1H3;10-12H,2-9H2,1H3;10-13H,3-9H2,1-2H3;10-12H,2-9H2,1H3/q8*-1. The van der Waals surface area contributed by atoms with E-state index in [0.29, 0.717) is 65.0 Å². The summed E-state index contributed by atoms with van der Waals surface area (Å²) >= 11 is 0. The van der Waals surface area contributed by atoms with Gasteiger partial charge >= 0.3 is 12.1 Å². The lowest BCUT2D eigenvalue weighted by Crippen LogP contribution is -2.51. The van der Waals surface area contributed by atoms with Crippen molar-refractivity contribution in [1.29, 1.82) is 0 Å². The molecule has 28 aliphatic carbocycles. The monoisotopic (exact) mass is 2110 g/mol. The van der Waals surface area contributed by atoms with E-state index in [1.54, 1.807) is 94.8 Å². The second-order valence-electron chi connectivity index (χ2n) is 55.7. The van der Waals surface area contributed by atoms with Crippen LogP contribution in [0, 0.1) is 162 Å². The third kappa shape index (κ3) is 29.1. The number of nitrogens with one attached hydrogen (secondary N) is 1. The number of fused-ring (bicyclic) bond motifs is 2. The van der Waals surface area contributed by atoms with Crippen LogP contribution >= 0.6 is 0 Å². The molecule has 0 radical (unpaired) electrons. The van der Waals surface area contributed by atoms with Crippen molar-refractivity contribution in [2.45, 2.75) is 430 Å². The molecule has 28 saturated carbocycles. The fraction of sp³-hybridized carbons (Fsp3) is 0.877. The quantitative estimate of drug-likeness (QED) is 0.0333. The van der Waals surface area contributed by atoms with E-state index in [-0.39, 0.29) is 83.7 Å². The third-order valence-corrected chi connectivity index (χ3v) is 42.1. The zero-order chi connectivity index (χ0) is 107. The van der Waals surface area contributed by atoms with E-state index in [1.807, 2.05) is 0 Å². The van der Waals surface area contributed by atoms with Gasteiger partial charge in [0.15, 0.2) is 0 Å². The lowest BCUT2D eigenvalue weighted by Gasteiger charge is -2.62. The van der Waals surface area contributed by atoms with E-state index in [4.69, 9.17) is 11.1 Å². The predicted molar refractivity (Wildman–Crippen MR) is 564 cm³/mol. The molecule has 0 aromatic heterocycles. The van der Waals surface area contributed by atoms with Gasteiger partial charge in [0.1, 0.15) is 0 Å². The summed E-state index contributed by atoms with van der Waals surface area (Å²) in [5, 5.41) is 32.4. The summed E-state index contributed by atoms with van der Waals surface area (Å²) in [7, 11) is 0. The van der Waals surface area contributed by atoms with Crippen molar-refractivity contribution in [1.82, 2.24) is 0 Å². The number of benzene rings is 3. The van der Waals surface area contributed by atoms with Crippen LogP contribution in [0.3, 0.4) is 0 Å². The lowest BCUT2D eigenvalue weighted by atomic mass is 9.48. The highest BCUT2D eigenvalue weighted by Gasteiger charge is 2.60. The Kier molecular flexibility index (Phi) is 35.9. The fourth-order valence-electron chi connectivity index (χ4n) is 38.8. The highest BCUT2D eigenvalue weighted by Crippen LogP contribution is 2.69. The molecule has 0 aliphatic heterocycles. The highest BCUT2D eigenvalue weighted by atomic mass is 19.4. The molecule has 0 heterocycles. The molecule has 31 rings (SSSR count). The van der Waals surface area contributed by atoms with Crippen molar-refractivity contribution in [2.75, 3.05) is 78.5 Å². The van der Waals surface area contributed by atoms with E-state index in [1.165, 1.54) is 231 Å². The number of hydrogen-bond acceptors (Lipinski definition) is 2. The van der Waals surface area contributed by atoms with Crippen molar-refractivity contribution >= 4 is 27.5 Å². The molecule has 28 aliphatic rings. The number of carbonyl (C=O) groups excluding carboxylic acids is 1. The van der Waals surface area contributed by atoms with Gasteiger partial charge in [-0.1, -0.05) is 136 Å². The number of alkyl halides is 17. The van der Waals surface area contributed by atoms with Crippen molar-refractivity contribution in [3.63, 3.8) is 0 Å². The smallest absolute Gasteiger partial charge is 0.431 e. The molecule has 0 spiro atoms. The normalized spacial score (nSPS) is 38.6. The van der Waals surface area contributed by atoms with Crippen molar-refractivity contribution in [3.05, 3.63) is 103 Å². The SMILES string of the molecule is CC(F)(F)CC(F)(F)C[N-]CC12CC3CC(CC(C3)C1)C2.CC(F)(F)C[N-]CC12CC3CC(CC(C3)C1)C2.CC([N-]CC(C)(F)F)C12CC3CC(CC(C3)C1)C2.CCC(F)(F)C[N-]C(C)C12CC3CC(CC(C3)C1)C2.CCC(F)(F)C[N-]CC12CC3CC(CC(C3)C1)C2.CC[N-]C(C)C12CC3CC(CC(C3)C1)C2.CC[N-]CC12CC3CC(CC(C3)C1)C2.[NH-]CC(F)(F)C(OC(=O)c1c2ccccc2cc2ccccc12)C(F)(F)F. The van der Waals surface area contributed by atoms with Crippen LogP contribution in [-0.2, 0) is 4.74 Å². The minimum atomic E-state index is -5.51. The molecular formula is C122H179F17N8O2-8. The Hall–Kier alpha value is -3.86. The topological polar surface area (TPSA) is 149 Å². The first-order valence-electron chi connectivity index (χ1n) is 59.0.